The van der Waals surface area contributed by atoms with E-state index in [0.29, 0.717) is 0 Å². The summed E-state index contributed by atoms with van der Waals surface area (Å²) in [6.45, 7) is 11.2. The zero-order valence-corrected chi connectivity index (χ0v) is 13.1. The molecule has 0 aliphatic heterocycles. The third kappa shape index (κ3) is 17.4. The smallest absolute Gasteiger partial charge is 0.207 e. The predicted octanol–water partition coefficient (Wildman–Crippen LogP) is 4.21. The van der Waals surface area contributed by atoms with Gasteiger partial charge in [-0.15, -0.1) is 11.8 Å². The molecule has 104 valence electrons. The van der Waals surface area contributed by atoms with Gasteiger partial charge in [-0.05, 0) is 18.1 Å². The van der Waals surface area contributed by atoms with Crippen LogP contribution in [-0.4, -0.2) is 18.7 Å². The fourth-order valence-electron chi connectivity index (χ4n) is 0.803. The van der Waals surface area contributed by atoms with Crippen LogP contribution in [0.5, 0.6) is 0 Å². The van der Waals surface area contributed by atoms with Crippen LogP contribution in [0, 0.1) is 5.92 Å². The van der Waals surface area contributed by atoms with Crippen LogP contribution in [-0.2, 0) is 4.79 Å². The van der Waals surface area contributed by atoms with Gasteiger partial charge in [0, 0.05) is 17.2 Å². The average molecular weight is 269 g/mol. The van der Waals surface area contributed by atoms with Crippen molar-refractivity contribution in [2.75, 3.05) is 12.3 Å². The molecule has 2 nitrogen and oxygen atoms in total. The zero-order chi connectivity index (χ0) is 14.2. The van der Waals surface area contributed by atoms with E-state index < -0.39 is 0 Å². The molecule has 0 saturated heterocycles. The average Bonchev–Trinajstić information content (AvgIpc) is 2.38. The molecular formula is C15H27NOS. The Hall–Kier alpha value is -0.960. The van der Waals surface area contributed by atoms with Crippen molar-refractivity contribution in [3.63, 3.8) is 0 Å². The Morgan fingerprint density at radius 1 is 1.17 bits per heavy atom. The van der Waals surface area contributed by atoms with Crippen molar-refractivity contribution in [2.24, 2.45) is 5.92 Å². The van der Waals surface area contributed by atoms with Crippen molar-refractivity contribution in [2.45, 2.75) is 39.5 Å². The monoisotopic (exact) mass is 269 g/mol. The second kappa shape index (κ2) is 16.0. The molecule has 0 aromatic heterocycles. The maximum Gasteiger partial charge on any atom is 0.207 e. The van der Waals surface area contributed by atoms with Crippen molar-refractivity contribution in [3.8, 4) is 0 Å². The lowest BCUT2D eigenvalue weighted by molar-refractivity contribution is -0.109. The number of amides is 1. The first kappa shape index (κ1) is 19.4. The molecule has 0 bridgehead atoms. The molecule has 0 atom stereocenters. The van der Waals surface area contributed by atoms with Crippen LogP contribution in [0.15, 0.2) is 35.2 Å². The topological polar surface area (TPSA) is 29.1 Å². The Balaban J connectivity index is 0. The molecular weight excluding hydrogens is 242 g/mol. The number of thioether (sulfide) groups is 1. The number of hydrogen-bond donors (Lipinski definition) is 1. The number of hydrogen-bond acceptors (Lipinski definition) is 2. The SMILES string of the molecule is CC.CC(C)C.O=CNCCSc1ccccc1. The first-order valence-corrected chi connectivity index (χ1v) is 7.50. The van der Waals surface area contributed by atoms with Crippen LogP contribution in [0.2, 0.25) is 0 Å². The van der Waals surface area contributed by atoms with Crippen molar-refractivity contribution in [3.05, 3.63) is 30.3 Å². The Morgan fingerprint density at radius 2 is 1.67 bits per heavy atom. The van der Waals surface area contributed by atoms with E-state index in [0.717, 1.165) is 24.6 Å². The third-order valence-corrected chi connectivity index (χ3v) is 2.36. The van der Waals surface area contributed by atoms with Crippen LogP contribution in [0.25, 0.3) is 0 Å². The second-order valence-electron chi connectivity index (χ2n) is 3.97. The molecule has 0 saturated carbocycles. The summed E-state index contributed by atoms with van der Waals surface area (Å²) >= 11 is 1.74. The minimum absolute atomic E-state index is 0.725. The lowest BCUT2D eigenvalue weighted by Gasteiger charge is -1.99. The van der Waals surface area contributed by atoms with E-state index in [1.54, 1.807) is 11.8 Å². The highest BCUT2D eigenvalue weighted by atomic mass is 32.2. The minimum Gasteiger partial charge on any atom is -0.358 e. The van der Waals surface area contributed by atoms with Crippen LogP contribution in [0.3, 0.4) is 0 Å². The Kier molecular flexibility index (Phi) is 17.3. The predicted molar refractivity (Wildman–Crippen MR) is 83.1 cm³/mol. The summed E-state index contributed by atoms with van der Waals surface area (Å²) in [6, 6.07) is 10.1. The maximum absolute atomic E-state index is 9.90. The molecule has 0 fully saturated rings. The van der Waals surface area contributed by atoms with Crippen molar-refractivity contribution in [1.82, 2.24) is 5.32 Å². The number of benzene rings is 1. The van der Waals surface area contributed by atoms with Crippen LogP contribution < -0.4 is 5.32 Å². The number of carbonyl (C=O) groups excluding carboxylic acids is 1. The number of rotatable bonds is 5. The lowest BCUT2D eigenvalue weighted by Crippen LogP contribution is -2.13. The fourth-order valence-corrected chi connectivity index (χ4v) is 1.61. The van der Waals surface area contributed by atoms with E-state index in [-0.39, 0.29) is 0 Å². The van der Waals surface area contributed by atoms with Gasteiger partial charge >= 0.3 is 0 Å². The maximum atomic E-state index is 9.90. The highest BCUT2D eigenvalue weighted by Gasteiger charge is 1.90. The lowest BCUT2D eigenvalue weighted by atomic mass is 10.3. The molecule has 1 rings (SSSR count). The molecule has 0 aliphatic carbocycles. The van der Waals surface area contributed by atoms with Gasteiger partial charge in [-0.25, -0.2) is 0 Å². The Bertz CT molecular complexity index is 260. The molecule has 0 unspecified atom stereocenters. The third-order valence-electron chi connectivity index (χ3n) is 1.34. The van der Waals surface area contributed by atoms with Gasteiger partial charge in [0.25, 0.3) is 0 Å². The van der Waals surface area contributed by atoms with Crippen molar-refractivity contribution < 1.29 is 4.79 Å². The largest absolute Gasteiger partial charge is 0.358 e. The summed E-state index contributed by atoms with van der Waals surface area (Å²) in [7, 11) is 0. The van der Waals surface area contributed by atoms with Gasteiger partial charge in [-0.1, -0.05) is 52.8 Å². The van der Waals surface area contributed by atoms with E-state index >= 15 is 0 Å². The van der Waals surface area contributed by atoms with E-state index in [2.05, 4.69) is 38.2 Å². The molecule has 1 N–H and O–H groups in total. The summed E-state index contributed by atoms with van der Waals surface area (Å²) < 4.78 is 0. The molecule has 0 spiro atoms. The van der Waals surface area contributed by atoms with E-state index in [1.807, 2.05) is 32.0 Å². The standard InChI is InChI=1S/C9H11NOS.C4H10.C2H6/c11-8-10-6-7-12-9-4-2-1-3-5-9;1-4(2)3;1-2/h1-5,8H,6-7H2,(H,10,11);4H,1-3H3;1-2H3. The zero-order valence-electron chi connectivity index (χ0n) is 12.3. The molecule has 0 aliphatic rings. The summed E-state index contributed by atoms with van der Waals surface area (Å²) in [4.78, 5) is 11.1. The molecule has 0 radical (unpaired) electrons. The Labute approximate surface area is 117 Å². The summed E-state index contributed by atoms with van der Waals surface area (Å²) in [5, 5.41) is 2.62. The molecule has 0 heterocycles. The quantitative estimate of drug-likeness (QED) is 0.493. The minimum atomic E-state index is 0.725. The molecule has 18 heavy (non-hydrogen) atoms. The number of carbonyl (C=O) groups is 1. The first-order valence-electron chi connectivity index (χ1n) is 6.51. The highest BCUT2D eigenvalue weighted by molar-refractivity contribution is 7.99. The van der Waals surface area contributed by atoms with Gasteiger partial charge in [-0.3, -0.25) is 4.79 Å². The summed E-state index contributed by atoms with van der Waals surface area (Å²) in [5.74, 6) is 1.75. The van der Waals surface area contributed by atoms with Crippen LogP contribution in [0.1, 0.15) is 34.6 Å². The highest BCUT2D eigenvalue weighted by Crippen LogP contribution is 2.15. The summed E-state index contributed by atoms with van der Waals surface area (Å²) in [5.41, 5.74) is 0. The van der Waals surface area contributed by atoms with Crippen LogP contribution >= 0.6 is 11.8 Å². The van der Waals surface area contributed by atoms with E-state index in [4.69, 9.17) is 0 Å². The molecule has 1 aromatic carbocycles. The van der Waals surface area contributed by atoms with Gasteiger partial charge in [-0.2, -0.15) is 0 Å². The molecule has 1 aromatic rings. The van der Waals surface area contributed by atoms with Gasteiger partial charge in [0.05, 0.1) is 0 Å². The van der Waals surface area contributed by atoms with Gasteiger partial charge in [0.1, 0.15) is 0 Å². The van der Waals surface area contributed by atoms with E-state index in [9.17, 15) is 4.79 Å². The molecule has 1 amide bonds. The van der Waals surface area contributed by atoms with Crippen LogP contribution in [0.4, 0.5) is 0 Å². The normalized spacial score (nSPS) is 8.56. The Morgan fingerprint density at radius 3 is 2.11 bits per heavy atom. The van der Waals surface area contributed by atoms with Gasteiger partial charge in [0.2, 0.25) is 6.41 Å². The fraction of sp³-hybridized carbons (Fsp3) is 0.533. The summed E-state index contributed by atoms with van der Waals surface area (Å²) in [6.07, 6.45) is 0.728. The van der Waals surface area contributed by atoms with Gasteiger partial charge < -0.3 is 5.32 Å². The van der Waals surface area contributed by atoms with Gasteiger partial charge in [0.15, 0.2) is 0 Å². The molecule has 3 heteroatoms. The second-order valence-corrected chi connectivity index (χ2v) is 5.13. The van der Waals surface area contributed by atoms with Crippen molar-refractivity contribution in [1.29, 1.82) is 0 Å². The van der Waals surface area contributed by atoms with Crippen molar-refractivity contribution >= 4 is 18.2 Å². The number of nitrogens with one attached hydrogen (secondary N) is 1. The first-order chi connectivity index (χ1) is 8.66. The van der Waals surface area contributed by atoms with E-state index in [1.165, 1.54) is 4.90 Å².